The lowest BCUT2D eigenvalue weighted by atomic mass is 9.97. The molecule has 0 saturated heterocycles. The van der Waals surface area contributed by atoms with Gasteiger partial charge in [-0.1, -0.05) is 56.4 Å². The van der Waals surface area contributed by atoms with Gasteiger partial charge in [-0.15, -0.1) is 0 Å². The molecule has 5 nitrogen and oxygen atoms in total. The zero-order chi connectivity index (χ0) is 23.2. The lowest BCUT2D eigenvalue weighted by Gasteiger charge is -2.22. The minimum Gasteiger partial charge on any atom is -0.488 e. The summed E-state index contributed by atoms with van der Waals surface area (Å²) in [6, 6.07) is 10.6. The van der Waals surface area contributed by atoms with Crippen LogP contribution in [-0.2, 0) is 17.7 Å². The number of rotatable bonds is 5. The van der Waals surface area contributed by atoms with Gasteiger partial charge in [-0.05, 0) is 56.4 Å². The average molecular weight is 553 g/mol. The Kier molecular flexibility index (Phi) is 6.14. The molecule has 1 aliphatic carbocycles. The van der Waals surface area contributed by atoms with E-state index in [-0.39, 0.29) is 17.3 Å². The van der Waals surface area contributed by atoms with Crippen LogP contribution in [0.15, 0.2) is 46.0 Å². The molecule has 33 heavy (non-hydrogen) atoms. The van der Waals surface area contributed by atoms with Crippen LogP contribution in [0.5, 0.6) is 5.75 Å². The first kappa shape index (κ1) is 22.7. The number of fused-ring (bicyclic) bond motifs is 1. The van der Waals surface area contributed by atoms with Gasteiger partial charge in [0.15, 0.2) is 11.4 Å². The predicted molar refractivity (Wildman–Crippen MR) is 130 cm³/mol. The number of benzene rings is 2. The topological polar surface area (TPSA) is 48.6 Å². The van der Waals surface area contributed by atoms with Crippen molar-refractivity contribution in [2.75, 3.05) is 6.61 Å². The van der Waals surface area contributed by atoms with E-state index in [0.29, 0.717) is 17.3 Å². The van der Waals surface area contributed by atoms with Gasteiger partial charge in [0.2, 0.25) is 0 Å². The highest BCUT2D eigenvalue weighted by Gasteiger charge is 2.36. The molecule has 1 unspecified atom stereocenters. The van der Waals surface area contributed by atoms with Gasteiger partial charge in [-0.2, -0.15) is 5.10 Å². The van der Waals surface area contributed by atoms with Crippen LogP contribution in [0.25, 0.3) is 5.69 Å². The van der Waals surface area contributed by atoms with E-state index in [9.17, 15) is 4.39 Å². The third-order valence-electron chi connectivity index (χ3n) is 5.95. The van der Waals surface area contributed by atoms with Crippen LogP contribution in [0.2, 0.25) is 10.2 Å². The van der Waals surface area contributed by atoms with Gasteiger partial charge < -0.3 is 9.57 Å². The van der Waals surface area contributed by atoms with Crippen molar-refractivity contribution >= 4 is 44.8 Å². The van der Waals surface area contributed by atoms with E-state index < -0.39 is 11.4 Å². The van der Waals surface area contributed by atoms with E-state index >= 15 is 0 Å². The quantitative estimate of drug-likeness (QED) is 0.345. The van der Waals surface area contributed by atoms with Crippen LogP contribution >= 0.6 is 39.1 Å². The fourth-order valence-corrected chi connectivity index (χ4v) is 4.96. The second-order valence-electron chi connectivity index (χ2n) is 8.62. The van der Waals surface area contributed by atoms with Gasteiger partial charge >= 0.3 is 0 Å². The van der Waals surface area contributed by atoms with E-state index in [1.54, 1.807) is 0 Å². The summed E-state index contributed by atoms with van der Waals surface area (Å²) in [5.74, 6) is -0.183. The summed E-state index contributed by atoms with van der Waals surface area (Å²) in [5, 5.41) is 9.41. The van der Waals surface area contributed by atoms with Crippen molar-refractivity contribution in [1.82, 2.24) is 9.78 Å². The molecule has 0 bridgehead atoms. The number of oxime groups is 1. The van der Waals surface area contributed by atoms with E-state index in [0.717, 1.165) is 52.7 Å². The summed E-state index contributed by atoms with van der Waals surface area (Å²) < 4.78 is 23.3. The average Bonchev–Trinajstić information content (AvgIpc) is 3.35. The molecule has 2 aliphatic rings. The van der Waals surface area contributed by atoms with E-state index in [1.807, 2.05) is 31.2 Å². The van der Waals surface area contributed by atoms with Gasteiger partial charge in [-0.25, -0.2) is 9.07 Å². The Hall–Kier alpha value is -2.09. The van der Waals surface area contributed by atoms with Gasteiger partial charge in [0.1, 0.15) is 23.2 Å². The number of nitrogens with zero attached hydrogens (tertiary/aromatic N) is 3. The van der Waals surface area contributed by atoms with Crippen LogP contribution in [0, 0.1) is 5.82 Å². The molecule has 1 aromatic heterocycles. The van der Waals surface area contributed by atoms with Crippen LogP contribution in [0.4, 0.5) is 4.39 Å². The molecule has 2 aromatic carbocycles. The first-order valence-electron chi connectivity index (χ1n) is 10.7. The number of ether oxygens (including phenoxy) is 1. The third-order valence-corrected chi connectivity index (χ3v) is 7.16. The Bertz CT molecular complexity index is 1250. The zero-order valence-corrected chi connectivity index (χ0v) is 21.0. The molecule has 2 heterocycles. The van der Waals surface area contributed by atoms with Crippen molar-refractivity contribution in [2.24, 2.45) is 5.16 Å². The van der Waals surface area contributed by atoms with Crippen molar-refractivity contribution in [3.05, 3.63) is 73.7 Å². The van der Waals surface area contributed by atoms with Crippen molar-refractivity contribution < 1.29 is 14.0 Å². The maximum atomic E-state index is 14.8. The molecule has 9 heteroatoms. The lowest BCUT2D eigenvalue weighted by Crippen LogP contribution is -2.33. The van der Waals surface area contributed by atoms with E-state index in [1.165, 1.54) is 16.8 Å². The summed E-state index contributed by atoms with van der Waals surface area (Å²) in [5.41, 5.74) is 3.27. The van der Waals surface area contributed by atoms with E-state index in [4.69, 9.17) is 32.8 Å². The number of hydrogen-bond donors (Lipinski definition) is 0. The van der Waals surface area contributed by atoms with Crippen molar-refractivity contribution in [1.29, 1.82) is 0 Å². The minimum absolute atomic E-state index is 0.167. The fourth-order valence-electron chi connectivity index (χ4n) is 4.15. The number of hydrogen-bond acceptors (Lipinski definition) is 4. The number of aryl methyl sites for hydroxylation is 1. The van der Waals surface area contributed by atoms with Crippen LogP contribution < -0.4 is 4.74 Å². The molecule has 0 spiro atoms. The van der Waals surface area contributed by atoms with Crippen LogP contribution in [-0.4, -0.2) is 27.7 Å². The molecule has 0 amide bonds. The van der Waals surface area contributed by atoms with Gasteiger partial charge in [0, 0.05) is 22.5 Å². The third kappa shape index (κ3) is 4.51. The first-order valence-corrected chi connectivity index (χ1v) is 12.3. The zero-order valence-electron chi connectivity index (χ0n) is 17.9. The predicted octanol–water partition coefficient (Wildman–Crippen LogP) is 6.92. The molecule has 172 valence electrons. The SMILES string of the molecule is CC1(COc2cc(-n3nc4c(c3Cl)CCCC4)c(F)cc2Cl)CC(c2ccc(Br)cc2)=NO1. The Morgan fingerprint density at radius 3 is 2.70 bits per heavy atom. The summed E-state index contributed by atoms with van der Waals surface area (Å²) in [6.45, 7) is 2.10. The summed E-state index contributed by atoms with van der Waals surface area (Å²) in [6.07, 6.45) is 4.37. The van der Waals surface area contributed by atoms with Crippen LogP contribution in [0.3, 0.4) is 0 Å². The Labute approximate surface area is 209 Å². The standard InChI is InChI=1S/C24H21BrCl2FN3O2/c1-24(12-20(30-33-24)14-6-8-15(25)9-7-14)13-32-22-11-21(18(28)10-17(22)26)31-23(27)16-4-2-3-5-19(16)29-31/h6-11H,2-5,12-13H2,1H3. The molecule has 0 radical (unpaired) electrons. The summed E-state index contributed by atoms with van der Waals surface area (Å²) >= 11 is 16.3. The monoisotopic (exact) mass is 551 g/mol. The largest absolute Gasteiger partial charge is 0.488 e. The number of halogens is 4. The minimum atomic E-state index is -0.678. The molecule has 3 aromatic rings. The normalized spacial score (nSPS) is 19.7. The highest BCUT2D eigenvalue weighted by molar-refractivity contribution is 9.10. The number of aromatic nitrogens is 2. The summed E-state index contributed by atoms with van der Waals surface area (Å²) in [4.78, 5) is 5.71. The van der Waals surface area contributed by atoms with Crippen molar-refractivity contribution in [3.8, 4) is 11.4 Å². The van der Waals surface area contributed by atoms with Gasteiger partial charge in [-0.3, -0.25) is 0 Å². The molecule has 1 atom stereocenters. The molecule has 0 N–H and O–H groups in total. The van der Waals surface area contributed by atoms with Crippen LogP contribution in [0.1, 0.15) is 43.0 Å². The highest BCUT2D eigenvalue weighted by atomic mass is 79.9. The molecule has 1 aliphatic heterocycles. The maximum Gasteiger partial charge on any atom is 0.174 e. The second kappa shape index (κ2) is 8.93. The Morgan fingerprint density at radius 2 is 1.94 bits per heavy atom. The highest BCUT2D eigenvalue weighted by Crippen LogP contribution is 2.36. The molecule has 5 rings (SSSR count). The Balaban J connectivity index is 1.35. The van der Waals surface area contributed by atoms with Crippen molar-refractivity contribution in [2.45, 2.75) is 44.6 Å². The van der Waals surface area contributed by atoms with Crippen molar-refractivity contribution in [3.63, 3.8) is 0 Å². The lowest BCUT2D eigenvalue weighted by molar-refractivity contribution is -0.0356. The summed E-state index contributed by atoms with van der Waals surface area (Å²) in [7, 11) is 0. The molecular weight excluding hydrogens is 532 g/mol. The van der Waals surface area contributed by atoms with Gasteiger partial charge in [0.05, 0.1) is 16.4 Å². The molecule has 0 saturated carbocycles. The Morgan fingerprint density at radius 1 is 1.18 bits per heavy atom. The second-order valence-corrected chi connectivity index (χ2v) is 10.3. The molecular formula is C24H21BrCl2FN3O2. The van der Waals surface area contributed by atoms with Gasteiger partial charge in [0.25, 0.3) is 0 Å². The maximum absolute atomic E-state index is 14.8. The molecule has 0 fully saturated rings. The van der Waals surface area contributed by atoms with E-state index in [2.05, 4.69) is 26.2 Å². The first-order chi connectivity index (χ1) is 15.8. The smallest absolute Gasteiger partial charge is 0.174 e. The fraction of sp³-hybridized carbons (Fsp3) is 0.333.